The van der Waals surface area contributed by atoms with E-state index in [2.05, 4.69) is 18.8 Å². The summed E-state index contributed by atoms with van der Waals surface area (Å²) < 4.78 is 5.06. The molecule has 0 aromatic heterocycles. The molecule has 0 aromatic rings. The van der Waals surface area contributed by atoms with E-state index in [1.165, 1.54) is 31.9 Å². The lowest BCUT2D eigenvalue weighted by molar-refractivity contribution is 0.240. The van der Waals surface area contributed by atoms with E-state index in [0.29, 0.717) is 6.04 Å². The van der Waals surface area contributed by atoms with Gasteiger partial charge in [0.25, 0.3) is 0 Å². The third-order valence-corrected chi connectivity index (χ3v) is 3.13. The minimum atomic E-state index is 0.682. The molecule has 0 aliphatic heterocycles. The van der Waals surface area contributed by atoms with Crippen molar-refractivity contribution < 1.29 is 4.74 Å². The molecular weight excluding hydrogens is 174 g/mol. The first kappa shape index (κ1) is 11.6. The van der Waals surface area contributed by atoms with E-state index in [9.17, 15) is 0 Å². The van der Waals surface area contributed by atoms with Crippen LogP contribution in [0.3, 0.4) is 0 Å². The van der Waals surface area contributed by atoms with Crippen molar-refractivity contribution in [2.24, 2.45) is 5.92 Å². The Labute approximate surface area is 87.7 Å². The second-order valence-corrected chi connectivity index (χ2v) is 4.18. The Balaban J connectivity index is 1.96. The molecule has 1 unspecified atom stereocenters. The molecule has 1 atom stereocenters. The standard InChI is InChI=1S/C12H23NO/c1-3-14-10-6-9-13-11(2)12-7-4-5-8-12/h3,11-13H,1,4-10H2,2H3. The second-order valence-electron chi connectivity index (χ2n) is 4.18. The van der Waals surface area contributed by atoms with Gasteiger partial charge in [-0.25, -0.2) is 0 Å². The van der Waals surface area contributed by atoms with E-state index in [1.807, 2.05) is 0 Å². The lowest BCUT2D eigenvalue weighted by Crippen LogP contribution is -2.33. The molecule has 0 amide bonds. The van der Waals surface area contributed by atoms with Crippen molar-refractivity contribution in [3.05, 3.63) is 12.8 Å². The summed E-state index contributed by atoms with van der Waals surface area (Å²) >= 11 is 0. The third kappa shape index (κ3) is 4.14. The molecule has 2 heteroatoms. The van der Waals surface area contributed by atoms with Crippen LogP contribution in [-0.2, 0) is 4.74 Å². The highest BCUT2D eigenvalue weighted by molar-refractivity contribution is 4.76. The van der Waals surface area contributed by atoms with Crippen molar-refractivity contribution in [3.8, 4) is 0 Å². The minimum absolute atomic E-state index is 0.682. The molecule has 0 heterocycles. The lowest BCUT2D eigenvalue weighted by Gasteiger charge is -2.20. The zero-order valence-electron chi connectivity index (χ0n) is 9.30. The maximum atomic E-state index is 5.06. The number of nitrogens with one attached hydrogen (secondary N) is 1. The minimum Gasteiger partial charge on any atom is -0.502 e. The largest absolute Gasteiger partial charge is 0.502 e. The van der Waals surface area contributed by atoms with Crippen LogP contribution in [-0.4, -0.2) is 19.2 Å². The highest BCUT2D eigenvalue weighted by Gasteiger charge is 2.20. The Kier molecular flexibility index (Phi) is 5.69. The van der Waals surface area contributed by atoms with E-state index >= 15 is 0 Å². The van der Waals surface area contributed by atoms with Crippen molar-refractivity contribution in [1.82, 2.24) is 5.32 Å². The zero-order valence-corrected chi connectivity index (χ0v) is 9.30. The van der Waals surface area contributed by atoms with Gasteiger partial charge in [-0.05, 0) is 38.6 Å². The molecule has 1 N–H and O–H groups in total. The van der Waals surface area contributed by atoms with Crippen molar-refractivity contribution in [3.63, 3.8) is 0 Å². The highest BCUT2D eigenvalue weighted by Crippen LogP contribution is 2.27. The number of ether oxygens (including phenoxy) is 1. The number of rotatable bonds is 7. The summed E-state index contributed by atoms with van der Waals surface area (Å²) in [4.78, 5) is 0. The first-order valence-corrected chi connectivity index (χ1v) is 5.80. The molecule has 1 rings (SSSR count). The van der Waals surface area contributed by atoms with Gasteiger partial charge in [0, 0.05) is 6.04 Å². The van der Waals surface area contributed by atoms with Gasteiger partial charge in [-0.3, -0.25) is 0 Å². The quantitative estimate of drug-likeness (QED) is 0.500. The second kappa shape index (κ2) is 6.88. The summed E-state index contributed by atoms with van der Waals surface area (Å²) in [6, 6.07) is 0.682. The summed E-state index contributed by atoms with van der Waals surface area (Å²) in [5, 5.41) is 3.57. The molecule has 0 saturated heterocycles. The van der Waals surface area contributed by atoms with Gasteiger partial charge in [0.2, 0.25) is 0 Å². The van der Waals surface area contributed by atoms with Gasteiger partial charge < -0.3 is 10.1 Å². The van der Waals surface area contributed by atoms with Crippen molar-refractivity contribution in [2.45, 2.75) is 45.1 Å². The molecule has 0 spiro atoms. The summed E-state index contributed by atoms with van der Waals surface area (Å²) in [6.07, 6.45) is 8.27. The average Bonchev–Trinajstić information content (AvgIpc) is 2.70. The SMILES string of the molecule is C=COCCCNC(C)C1CCCC1. The van der Waals surface area contributed by atoms with E-state index in [4.69, 9.17) is 4.74 Å². The van der Waals surface area contributed by atoms with E-state index in [0.717, 1.165) is 25.5 Å². The molecule has 2 nitrogen and oxygen atoms in total. The summed E-state index contributed by atoms with van der Waals surface area (Å²) in [5.41, 5.74) is 0. The predicted molar refractivity (Wildman–Crippen MR) is 60.2 cm³/mol. The van der Waals surface area contributed by atoms with Crippen LogP contribution in [0.4, 0.5) is 0 Å². The highest BCUT2D eigenvalue weighted by atomic mass is 16.5. The normalized spacial score (nSPS) is 19.5. The summed E-state index contributed by atoms with van der Waals surface area (Å²) in [7, 11) is 0. The molecule has 0 radical (unpaired) electrons. The van der Waals surface area contributed by atoms with Crippen LogP contribution in [0.5, 0.6) is 0 Å². The van der Waals surface area contributed by atoms with Gasteiger partial charge in [0.1, 0.15) is 0 Å². The van der Waals surface area contributed by atoms with Gasteiger partial charge in [0.15, 0.2) is 0 Å². The fourth-order valence-electron chi connectivity index (χ4n) is 2.19. The smallest absolute Gasteiger partial charge is 0.0885 e. The zero-order chi connectivity index (χ0) is 10.2. The van der Waals surface area contributed by atoms with Crippen LogP contribution in [0.25, 0.3) is 0 Å². The van der Waals surface area contributed by atoms with Gasteiger partial charge in [-0.2, -0.15) is 0 Å². The van der Waals surface area contributed by atoms with Crippen LogP contribution in [0.2, 0.25) is 0 Å². The molecule has 0 aromatic carbocycles. The average molecular weight is 197 g/mol. The van der Waals surface area contributed by atoms with E-state index in [1.54, 1.807) is 0 Å². The summed E-state index contributed by atoms with van der Waals surface area (Å²) in [5.74, 6) is 0.912. The van der Waals surface area contributed by atoms with Crippen LogP contribution in [0.1, 0.15) is 39.0 Å². The van der Waals surface area contributed by atoms with Gasteiger partial charge in [-0.15, -0.1) is 0 Å². The van der Waals surface area contributed by atoms with Crippen molar-refractivity contribution in [2.75, 3.05) is 13.2 Å². The van der Waals surface area contributed by atoms with Gasteiger partial charge in [0.05, 0.1) is 12.9 Å². The molecule has 1 aliphatic rings. The van der Waals surface area contributed by atoms with Gasteiger partial charge in [-0.1, -0.05) is 19.4 Å². The number of hydrogen-bond donors (Lipinski definition) is 1. The fraction of sp³-hybridized carbons (Fsp3) is 0.833. The van der Waals surface area contributed by atoms with E-state index in [-0.39, 0.29) is 0 Å². The predicted octanol–water partition coefficient (Wildman–Crippen LogP) is 2.70. The molecule has 82 valence electrons. The maximum absolute atomic E-state index is 5.06. The maximum Gasteiger partial charge on any atom is 0.0885 e. The Hall–Kier alpha value is -0.500. The van der Waals surface area contributed by atoms with E-state index < -0.39 is 0 Å². The Morgan fingerprint density at radius 1 is 1.50 bits per heavy atom. The van der Waals surface area contributed by atoms with Crippen LogP contribution in [0, 0.1) is 5.92 Å². The third-order valence-electron chi connectivity index (χ3n) is 3.13. The molecular formula is C12H23NO. The Bertz CT molecular complexity index is 152. The van der Waals surface area contributed by atoms with Crippen LogP contribution < -0.4 is 5.32 Å². The monoisotopic (exact) mass is 197 g/mol. The molecule has 0 bridgehead atoms. The molecule has 1 aliphatic carbocycles. The molecule has 14 heavy (non-hydrogen) atoms. The van der Waals surface area contributed by atoms with Gasteiger partial charge >= 0.3 is 0 Å². The summed E-state index contributed by atoms with van der Waals surface area (Å²) in [6.45, 7) is 7.67. The molecule has 1 fully saturated rings. The molecule has 1 saturated carbocycles. The van der Waals surface area contributed by atoms with Crippen LogP contribution >= 0.6 is 0 Å². The van der Waals surface area contributed by atoms with Crippen LogP contribution in [0.15, 0.2) is 12.8 Å². The lowest BCUT2D eigenvalue weighted by atomic mass is 10.00. The number of hydrogen-bond acceptors (Lipinski definition) is 2. The topological polar surface area (TPSA) is 21.3 Å². The van der Waals surface area contributed by atoms with Crippen molar-refractivity contribution >= 4 is 0 Å². The fourth-order valence-corrected chi connectivity index (χ4v) is 2.19. The first-order chi connectivity index (χ1) is 6.84. The Morgan fingerprint density at radius 2 is 2.21 bits per heavy atom. The first-order valence-electron chi connectivity index (χ1n) is 5.80. The van der Waals surface area contributed by atoms with Crippen molar-refractivity contribution in [1.29, 1.82) is 0 Å². The Morgan fingerprint density at radius 3 is 2.86 bits per heavy atom.